The third kappa shape index (κ3) is 5.16. The van der Waals surface area contributed by atoms with E-state index in [2.05, 4.69) is 5.32 Å². The zero-order valence-corrected chi connectivity index (χ0v) is 15.5. The maximum Gasteiger partial charge on any atom is 0.416 e. The molecular weight excluding hydrogens is 410 g/mol. The summed E-state index contributed by atoms with van der Waals surface area (Å²) in [4.78, 5) is -0.0446. The van der Waals surface area contributed by atoms with Gasteiger partial charge in [0, 0.05) is 26.3 Å². The topological polar surface area (TPSA) is 49.4 Å². The van der Waals surface area contributed by atoms with Gasteiger partial charge in [-0.05, 0) is 35.9 Å². The van der Waals surface area contributed by atoms with Crippen LogP contribution in [0.1, 0.15) is 16.7 Å². The summed E-state index contributed by atoms with van der Waals surface area (Å²) in [5.41, 5.74) is -2.89. The molecule has 2 aromatic carbocycles. The maximum absolute atomic E-state index is 12.9. The Kier molecular flexibility index (Phi) is 6.00. The van der Waals surface area contributed by atoms with Gasteiger partial charge in [0.25, 0.3) is 0 Å². The van der Waals surface area contributed by atoms with E-state index in [-0.39, 0.29) is 23.2 Å². The molecule has 0 aromatic heterocycles. The lowest BCUT2D eigenvalue weighted by Gasteiger charge is -2.16. The summed E-state index contributed by atoms with van der Waals surface area (Å²) in [6.45, 7) is -0.171. The van der Waals surface area contributed by atoms with E-state index < -0.39 is 33.5 Å². The Morgan fingerprint density at radius 3 is 1.89 bits per heavy atom. The minimum atomic E-state index is -4.95. The Morgan fingerprint density at radius 2 is 1.43 bits per heavy atom. The molecule has 0 heterocycles. The highest BCUT2D eigenvalue weighted by Gasteiger charge is 2.36. The number of nitrogens with one attached hydrogen (secondary N) is 1. The van der Waals surface area contributed by atoms with Gasteiger partial charge >= 0.3 is 12.4 Å². The Hall–Kier alpha value is -2.27. The van der Waals surface area contributed by atoms with Gasteiger partial charge in [0.1, 0.15) is 0 Å². The van der Waals surface area contributed by atoms with Gasteiger partial charge in [-0.25, -0.2) is 12.7 Å². The van der Waals surface area contributed by atoms with E-state index >= 15 is 0 Å². The number of halogens is 6. The number of sulfonamides is 1. The first-order valence-electron chi connectivity index (χ1n) is 7.76. The van der Waals surface area contributed by atoms with Crippen LogP contribution in [0.15, 0.2) is 47.4 Å². The predicted molar refractivity (Wildman–Crippen MR) is 91.1 cm³/mol. The molecule has 0 bridgehead atoms. The van der Waals surface area contributed by atoms with Crippen molar-refractivity contribution in [3.05, 3.63) is 59.2 Å². The van der Waals surface area contributed by atoms with Crippen molar-refractivity contribution < 1.29 is 34.8 Å². The average Bonchev–Trinajstić information content (AvgIpc) is 2.58. The highest BCUT2D eigenvalue weighted by molar-refractivity contribution is 7.89. The second kappa shape index (κ2) is 7.63. The summed E-state index contributed by atoms with van der Waals surface area (Å²) in [5.74, 6) is 0. The molecule has 0 fully saturated rings. The standard InChI is InChI=1S/C17H16F6N2O2S/c1-25(2)28(26,27)15-5-3-4-11(6-15)10-24-14-8-12(16(18,19)20)7-13(9-14)17(21,22)23/h3-9,24H,10H2,1-2H3. The van der Waals surface area contributed by atoms with Crippen LogP contribution in [0.3, 0.4) is 0 Å². The number of nitrogens with zero attached hydrogens (tertiary/aromatic N) is 1. The van der Waals surface area contributed by atoms with E-state index in [9.17, 15) is 34.8 Å². The highest BCUT2D eigenvalue weighted by atomic mass is 32.2. The summed E-state index contributed by atoms with van der Waals surface area (Å²) >= 11 is 0. The van der Waals surface area contributed by atoms with Crippen LogP contribution in [0, 0.1) is 0 Å². The normalized spacial score (nSPS) is 13.0. The lowest BCUT2D eigenvalue weighted by Crippen LogP contribution is -2.22. The van der Waals surface area contributed by atoms with Crippen LogP contribution in [0.4, 0.5) is 32.0 Å². The molecular formula is C17H16F6N2O2S. The van der Waals surface area contributed by atoms with Crippen molar-refractivity contribution in [2.45, 2.75) is 23.8 Å². The Balaban J connectivity index is 2.32. The highest BCUT2D eigenvalue weighted by Crippen LogP contribution is 2.37. The molecule has 0 aliphatic rings. The van der Waals surface area contributed by atoms with Crippen LogP contribution < -0.4 is 5.32 Å². The quantitative estimate of drug-likeness (QED) is 0.712. The van der Waals surface area contributed by atoms with Crippen LogP contribution in [-0.4, -0.2) is 26.8 Å². The molecule has 0 saturated heterocycles. The largest absolute Gasteiger partial charge is 0.416 e. The van der Waals surface area contributed by atoms with Gasteiger partial charge in [0.2, 0.25) is 10.0 Å². The first-order valence-corrected chi connectivity index (χ1v) is 9.20. The summed E-state index contributed by atoms with van der Waals surface area (Å²) in [6.07, 6.45) is -9.89. The Labute approximate surface area is 157 Å². The second-order valence-electron chi connectivity index (χ2n) is 6.08. The van der Waals surface area contributed by atoms with Crippen molar-refractivity contribution in [3.63, 3.8) is 0 Å². The molecule has 28 heavy (non-hydrogen) atoms. The molecule has 0 saturated carbocycles. The SMILES string of the molecule is CN(C)S(=O)(=O)c1cccc(CNc2cc(C(F)(F)F)cc(C(F)(F)F)c2)c1. The molecule has 11 heteroatoms. The zero-order valence-electron chi connectivity index (χ0n) is 14.7. The molecule has 4 nitrogen and oxygen atoms in total. The van der Waals surface area contributed by atoms with Gasteiger partial charge in [-0.3, -0.25) is 0 Å². The monoisotopic (exact) mass is 426 g/mol. The minimum Gasteiger partial charge on any atom is -0.381 e. The number of hydrogen-bond donors (Lipinski definition) is 1. The molecule has 0 radical (unpaired) electrons. The third-order valence-electron chi connectivity index (χ3n) is 3.76. The minimum absolute atomic E-state index is 0.0372. The molecule has 1 N–H and O–H groups in total. The van der Waals surface area contributed by atoms with E-state index in [0.29, 0.717) is 17.7 Å². The number of hydrogen-bond acceptors (Lipinski definition) is 3. The lowest BCUT2D eigenvalue weighted by atomic mass is 10.1. The van der Waals surface area contributed by atoms with Crippen molar-refractivity contribution in [1.82, 2.24) is 4.31 Å². The van der Waals surface area contributed by atoms with Crippen molar-refractivity contribution in [2.24, 2.45) is 0 Å². The predicted octanol–water partition coefficient (Wildman–Crippen LogP) is 4.59. The van der Waals surface area contributed by atoms with Crippen molar-refractivity contribution in [2.75, 3.05) is 19.4 Å². The van der Waals surface area contributed by atoms with Crippen LogP contribution in [-0.2, 0) is 28.9 Å². The second-order valence-corrected chi connectivity index (χ2v) is 8.23. The average molecular weight is 426 g/mol. The van der Waals surface area contributed by atoms with Crippen molar-refractivity contribution in [3.8, 4) is 0 Å². The van der Waals surface area contributed by atoms with Gasteiger partial charge < -0.3 is 5.32 Å². The Morgan fingerprint density at radius 1 is 0.893 bits per heavy atom. The van der Waals surface area contributed by atoms with Crippen LogP contribution in [0.25, 0.3) is 0 Å². The lowest BCUT2D eigenvalue weighted by molar-refractivity contribution is -0.143. The van der Waals surface area contributed by atoms with E-state index in [1.807, 2.05) is 0 Å². The van der Waals surface area contributed by atoms with Gasteiger partial charge in [0.05, 0.1) is 16.0 Å². The molecule has 2 aromatic rings. The van der Waals surface area contributed by atoms with Crippen LogP contribution in [0.5, 0.6) is 0 Å². The zero-order chi connectivity index (χ0) is 21.3. The molecule has 2 rings (SSSR count). The number of anilines is 1. The first-order chi connectivity index (χ1) is 12.7. The molecule has 154 valence electrons. The maximum atomic E-state index is 12.9. The van der Waals surface area contributed by atoms with Crippen LogP contribution in [0.2, 0.25) is 0 Å². The van der Waals surface area contributed by atoms with Crippen molar-refractivity contribution in [1.29, 1.82) is 0 Å². The van der Waals surface area contributed by atoms with Crippen LogP contribution >= 0.6 is 0 Å². The molecule has 0 amide bonds. The van der Waals surface area contributed by atoms with Gasteiger partial charge in [0.15, 0.2) is 0 Å². The fraction of sp³-hybridized carbons (Fsp3) is 0.294. The van der Waals surface area contributed by atoms with E-state index in [4.69, 9.17) is 0 Å². The van der Waals surface area contributed by atoms with Gasteiger partial charge in [-0.2, -0.15) is 26.3 Å². The van der Waals surface area contributed by atoms with Gasteiger partial charge in [-0.1, -0.05) is 12.1 Å². The van der Waals surface area contributed by atoms with E-state index in [0.717, 1.165) is 4.31 Å². The molecule has 0 aliphatic heterocycles. The molecule has 0 unspecified atom stereocenters. The number of alkyl halides is 6. The summed E-state index contributed by atoms with van der Waals surface area (Å²) in [7, 11) is -1.06. The molecule has 0 atom stereocenters. The van der Waals surface area contributed by atoms with Gasteiger partial charge in [-0.15, -0.1) is 0 Å². The van der Waals surface area contributed by atoms with E-state index in [1.54, 1.807) is 0 Å². The summed E-state index contributed by atoms with van der Waals surface area (Å²) in [6, 6.07) is 6.73. The fourth-order valence-electron chi connectivity index (χ4n) is 2.29. The first kappa shape index (κ1) is 22.0. The van der Waals surface area contributed by atoms with Crippen molar-refractivity contribution >= 4 is 15.7 Å². The number of rotatable bonds is 5. The summed E-state index contributed by atoms with van der Waals surface area (Å²) in [5, 5.41) is 2.49. The number of benzene rings is 2. The molecule has 0 aliphatic carbocycles. The smallest absolute Gasteiger partial charge is 0.381 e. The third-order valence-corrected chi connectivity index (χ3v) is 5.57. The summed E-state index contributed by atoms with van der Waals surface area (Å²) < 4.78 is 103. The molecule has 0 spiro atoms. The fourth-order valence-corrected chi connectivity index (χ4v) is 3.26. The van der Waals surface area contributed by atoms with E-state index in [1.165, 1.54) is 38.4 Å². The Bertz CT molecular complexity index is 921.